The first kappa shape index (κ1) is 9.51. The largest absolute Gasteiger partial charge is 0.351 e. The van der Waals surface area contributed by atoms with Gasteiger partial charge in [0.25, 0.3) is 0 Å². The average Bonchev–Trinajstić information content (AvgIpc) is 2.11. The summed E-state index contributed by atoms with van der Waals surface area (Å²) >= 11 is 14.6. The van der Waals surface area contributed by atoms with Gasteiger partial charge in [-0.05, 0) is 0 Å². The van der Waals surface area contributed by atoms with Crippen LogP contribution in [0.25, 0.3) is 0 Å². The van der Waals surface area contributed by atoms with Crippen molar-refractivity contribution in [2.24, 2.45) is 0 Å². The van der Waals surface area contributed by atoms with Gasteiger partial charge in [-0.15, -0.1) is 0 Å². The molecular formula is C3H4Cl3N2P. The summed E-state index contributed by atoms with van der Waals surface area (Å²) in [6.45, 7) is 0. The highest BCUT2D eigenvalue weighted by Crippen LogP contribution is 2.51. The van der Waals surface area contributed by atoms with Gasteiger partial charge in [-0.25, -0.2) is 4.98 Å². The Hall–Kier alpha value is 0.510. The van der Waals surface area contributed by atoms with Crippen LogP contribution in [0.4, 0.5) is 0 Å². The summed E-state index contributed by atoms with van der Waals surface area (Å²) in [7, 11) is 0. The Labute approximate surface area is 68.7 Å². The zero-order chi connectivity index (χ0) is 7.11. The second-order valence-electron chi connectivity index (χ2n) is 0.952. The third kappa shape index (κ3) is 11.9. The highest BCUT2D eigenvalue weighted by molar-refractivity contribution is 8.20. The molecule has 9 heavy (non-hydrogen) atoms. The summed E-state index contributed by atoms with van der Waals surface area (Å²) in [6, 6.07) is 0. The molecule has 0 atom stereocenters. The fourth-order valence-electron chi connectivity index (χ4n) is 0.215. The standard InChI is InChI=1S/C3H4N2.Cl3P/c1-2-5-3-4-1;1-4(2)3/h1-3H,(H,4,5);. The van der Waals surface area contributed by atoms with E-state index in [0.29, 0.717) is 0 Å². The van der Waals surface area contributed by atoms with Crippen molar-refractivity contribution in [3.8, 4) is 0 Å². The van der Waals surface area contributed by atoms with Crippen molar-refractivity contribution in [2.75, 3.05) is 0 Å². The molecular weight excluding hydrogens is 201 g/mol. The number of hydrogen-bond donors (Lipinski definition) is 1. The van der Waals surface area contributed by atoms with Gasteiger partial charge >= 0.3 is 0 Å². The number of aromatic nitrogens is 2. The van der Waals surface area contributed by atoms with Crippen molar-refractivity contribution in [1.82, 2.24) is 9.97 Å². The van der Waals surface area contributed by atoms with E-state index < -0.39 is 5.98 Å². The number of imidazole rings is 1. The highest BCUT2D eigenvalue weighted by Gasteiger charge is 1.80. The summed E-state index contributed by atoms with van der Waals surface area (Å²) in [4.78, 5) is 6.42. The number of nitrogens with zero attached hydrogens (tertiary/aromatic N) is 1. The van der Waals surface area contributed by atoms with Crippen LogP contribution in [0.5, 0.6) is 0 Å². The third-order valence-corrected chi connectivity index (χ3v) is 0.406. The van der Waals surface area contributed by atoms with Gasteiger partial charge in [0, 0.05) is 12.4 Å². The van der Waals surface area contributed by atoms with E-state index in [1.807, 2.05) is 0 Å². The van der Waals surface area contributed by atoms with Gasteiger partial charge in [-0.1, -0.05) is 33.7 Å². The summed E-state index contributed by atoms with van der Waals surface area (Å²) in [5.41, 5.74) is 0. The quantitative estimate of drug-likeness (QED) is 0.647. The second-order valence-corrected chi connectivity index (χ2v) is 5.94. The topological polar surface area (TPSA) is 28.7 Å². The molecule has 1 N–H and O–H groups in total. The van der Waals surface area contributed by atoms with E-state index in [4.69, 9.17) is 33.7 Å². The number of halogens is 3. The van der Waals surface area contributed by atoms with E-state index in [1.165, 1.54) is 0 Å². The average molecular weight is 205 g/mol. The predicted octanol–water partition coefficient (Wildman–Crippen LogP) is 3.34. The normalized spacial score (nSPS) is 8.44. The minimum atomic E-state index is -1.20. The molecule has 2 nitrogen and oxygen atoms in total. The second kappa shape index (κ2) is 6.63. The molecule has 0 aliphatic carbocycles. The molecule has 0 spiro atoms. The van der Waals surface area contributed by atoms with E-state index in [-0.39, 0.29) is 0 Å². The van der Waals surface area contributed by atoms with Crippen molar-refractivity contribution in [2.45, 2.75) is 0 Å². The van der Waals surface area contributed by atoms with Gasteiger partial charge in [0.2, 0.25) is 0 Å². The SMILES string of the molecule is ClP(Cl)Cl.c1c[nH]cn1. The number of H-pyrrole nitrogens is 1. The minimum Gasteiger partial charge on any atom is -0.351 e. The lowest BCUT2D eigenvalue weighted by Gasteiger charge is -1.68. The van der Waals surface area contributed by atoms with E-state index in [1.54, 1.807) is 18.7 Å². The molecule has 0 unspecified atom stereocenters. The Kier molecular flexibility index (Phi) is 7.00. The zero-order valence-electron chi connectivity index (χ0n) is 4.26. The maximum absolute atomic E-state index is 4.87. The fourth-order valence-corrected chi connectivity index (χ4v) is 0.215. The Bertz CT molecular complexity index is 101. The van der Waals surface area contributed by atoms with Gasteiger partial charge in [0.05, 0.1) is 6.33 Å². The first-order chi connectivity index (χ1) is 4.23. The molecule has 1 rings (SSSR count). The summed E-state index contributed by atoms with van der Waals surface area (Å²) in [5.74, 6) is -1.20. The first-order valence-electron chi connectivity index (χ1n) is 1.93. The van der Waals surface area contributed by atoms with Crippen molar-refractivity contribution < 1.29 is 0 Å². The molecule has 0 radical (unpaired) electrons. The van der Waals surface area contributed by atoms with E-state index >= 15 is 0 Å². The highest BCUT2D eigenvalue weighted by atomic mass is 36.0. The van der Waals surface area contributed by atoms with Gasteiger partial charge < -0.3 is 4.98 Å². The summed E-state index contributed by atoms with van der Waals surface area (Å²) in [6.07, 6.45) is 5.08. The van der Waals surface area contributed by atoms with Crippen LogP contribution in [0.3, 0.4) is 0 Å². The number of nitrogens with one attached hydrogen (secondary N) is 1. The third-order valence-electron chi connectivity index (χ3n) is 0.406. The Morgan fingerprint density at radius 3 is 2.00 bits per heavy atom. The molecule has 0 amide bonds. The Balaban J connectivity index is 0.000000148. The molecule has 0 saturated carbocycles. The van der Waals surface area contributed by atoms with Crippen LogP contribution in [-0.2, 0) is 0 Å². The van der Waals surface area contributed by atoms with Crippen molar-refractivity contribution in [1.29, 1.82) is 0 Å². The smallest absolute Gasteiger partial charge is 0.179 e. The van der Waals surface area contributed by atoms with Crippen LogP contribution in [-0.4, -0.2) is 9.97 Å². The van der Waals surface area contributed by atoms with Crippen LogP contribution in [0.1, 0.15) is 0 Å². The van der Waals surface area contributed by atoms with E-state index in [2.05, 4.69) is 9.97 Å². The van der Waals surface area contributed by atoms with Crippen molar-refractivity contribution in [3.63, 3.8) is 0 Å². The summed E-state index contributed by atoms with van der Waals surface area (Å²) in [5, 5.41) is 0. The van der Waals surface area contributed by atoms with Crippen LogP contribution in [0.2, 0.25) is 0 Å². The summed E-state index contributed by atoms with van der Waals surface area (Å²) < 4.78 is 0. The maximum Gasteiger partial charge on any atom is 0.179 e. The zero-order valence-corrected chi connectivity index (χ0v) is 7.42. The van der Waals surface area contributed by atoms with Crippen molar-refractivity contribution >= 4 is 39.7 Å². The molecule has 6 heteroatoms. The predicted molar refractivity (Wildman–Crippen MR) is 43.1 cm³/mol. The Morgan fingerprint density at radius 1 is 1.33 bits per heavy atom. The number of hydrogen-bond acceptors (Lipinski definition) is 1. The number of rotatable bonds is 0. The molecule has 0 aliphatic rings. The van der Waals surface area contributed by atoms with Crippen LogP contribution < -0.4 is 0 Å². The van der Waals surface area contributed by atoms with Gasteiger partial charge in [0.15, 0.2) is 5.98 Å². The molecule has 1 heterocycles. The van der Waals surface area contributed by atoms with Gasteiger partial charge in [-0.2, -0.15) is 0 Å². The molecule has 0 aliphatic heterocycles. The molecule has 52 valence electrons. The molecule has 1 aromatic rings. The molecule has 0 aromatic carbocycles. The van der Waals surface area contributed by atoms with E-state index in [9.17, 15) is 0 Å². The monoisotopic (exact) mass is 204 g/mol. The molecule has 0 saturated heterocycles. The van der Waals surface area contributed by atoms with E-state index in [0.717, 1.165) is 0 Å². The lowest BCUT2D eigenvalue weighted by atomic mass is 11.0. The molecule has 1 aromatic heterocycles. The Morgan fingerprint density at radius 2 is 1.89 bits per heavy atom. The minimum absolute atomic E-state index is 1.20. The van der Waals surface area contributed by atoms with Gasteiger partial charge in [-0.3, -0.25) is 0 Å². The molecule has 0 fully saturated rings. The van der Waals surface area contributed by atoms with Crippen LogP contribution in [0.15, 0.2) is 18.7 Å². The lowest BCUT2D eigenvalue weighted by Crippen LogP contribution is -1.44. The van der Waals surface area contributed by atoms with Gasteiger partial charge in [0.1, 0.15) is 0 Å². The van der Waals surface area contributed by atoms with Crippen molar-refractivity contribution in [3.05, 3.63) is 18.7 Å². The molecule has 0 bridgehead atoms. The number of aromatic amines is 1. The lowest BCUT2D eigenvalue weighted by molar-refractivity contribution is 1.31. The van der Waals surface area contributed by atoms with Crippen LogP contribution >= 0.6 is 39.7 Å². The maximum atomic E-state index is 4.87. The first-order valence-corrected chi connectivity index (χ1v) is 5.99. The van der Waals surface area contributed by atoms with Crippen LogP contribution in [0, 0.1) is 0 Å². The fraction of sp³-hybridized carbons (Fsp3) is 0.